The number of hydrogen-bond acceptors (Lipinski definition) is 2. The van der Waals surface area contributed by atoms with Gasteiger partial charge in [0, 0.05) is 25.6 Å². The van der Waals surface area contributed by atoms with E-state index in [-0.39, 0.29) is 17.7 Å². The Kier molecular flexibility index (Phi) is 9.60. The minimum absolute atomic E-state index is 0.0949. The van der Waals surface area contributed by atoms with E-state index in [0.717, 1.165) is 25.7 Å². The van der Waals surface area contributed by atoms with E-state index in [9.17, 15) is 9.59 Å². The number of piperidine rings is 1. The molecule has 2 unspecified atom stereocenters. The summed E-state index contributed by atoms with van der Waals surface area (Å²) in [6.07, 6.45) is 10.4. The summed E-state index contributed by atoms with van der Waals surface area (Å²) in [6.45, 7) is 8.45. The Labute approximate surface area is 229 Å². The lowest BCUT2D eigenvalue weighted by atomic mass is 9.72. The summed E-state index contributed by atoms with van der Waals surface area (Å²) in [7, 11) is 0. The average molecular weight is 513 g/mol. The van der Waals surface area contributed by atoms with Crippen LogP contribution in [0, 0.1) is 11.3 Å². The maximum atomic E-state index is 13.7. The molecule has 1 N–H and O–H groups in total. The Balaban J connectivity index is 1.38. The van der Waals surface area contributed by atoms with Crippen LogP contribution in [0.4, 0.5) is 0 Å². The first-order valence-corrected chi connectivity index (χ1v) is 14.5. The standard InChI is InChI=1S/C34H44N2O2/c1-4-26(3)16-17-27(5-2)18-21-35-33(38)34(25-28-12-8-6-9-13-28)19-22-36(23-20-34)32(37)31-24-30(31)29-14-10-7-11-15-29/h6-17,30-31H,4-5,18-25H2,1-3H3,(H,35,38)/b26-16+,27-17+. The van der Waals surface area contributed by atoms with E-state index in [2.05, 4.69) is 74.6 Å². The zero-order valence-corrected chi connectivity index (χ0v) is 23.4. The van der Waals surface area contributed by atoms with Crippen molar-refractivity contribution in [2.45, 2.75) is 71.6 Å². The number of likely N-dealkylation sites (tertiary alicyclic amines) is 1. The molecule has 1 heterocycles. The molecule has 2 aromatic carbocycles. The maximum absolute atomic E-state index is 13.7. The molecule has 0 spiro atoms. The van der Waals surface area contributed by atoms with Gasteiger partial charge in [0.05, 0.1) is 5.41 Å². The molecule has 1 saturated carbocycles. The highest BCUT2D eigenvalue weighted by atomic mass is 16.2. The van der Waals surface area contributed by atoms with Gasteiger partial charge < -0.3 is 10.2 Å². The summed E-state index contributed by atoms with van der Waals surface area (Å²) < 4.78 is 0. The molecule has 4 rings (SSSR count). The van der Waals surface area contributed by atoms with Gasteiger partial charge in [-0.25, -0.2) is 0 Å². The van der Waals surface area contributed by atoms with Crippen molar-refractivity contribution in [2.75, 3.05) is 19.6 Å². The van der Waals surface area contributed by atoms with Crippen LogP contribution in [-0.4, -0.2) is 36.3 Å². The topological polar surface area (TPSA) is 49.4 Å². The molecule has 38 heavy (non-hydrogen) atoms. The monoisotopic (exact) mass is 512 g/mol. The average Bonchev–Trinajstić information content (AvgIpc) is 3.77. The smallest absolute Gasteiger partial charge is 0.226 e. The summed E-state index contributed by atoms with van der Waals surface area (Å²) in [5, 5.41) is 3.28. The molecule has 2 amide bonds. The molecular weight excluding hydrogens is 468 g/mol. The van der Waals surface area contributed by atoms with E-state index in [0.29, 0.717) is 44.8 Å². The van der Waals surface area contributed by atoms with E-state index in [4.69, 9.17) is 0 Å². The molecule has 4 nitrogen and oxygen atoms in total. The summed E-state index contributed by atoms with van der Waals surface area (Å²) in [5.74, 6) is 0.843. The summed E-state index contributed by atoms with van der Waals surface area (Å²) in [5.41, 5.74) is 4.69. The zero-order chi connectivity index (χ0) is 27.0. The predicted molar refractivity (Wildman–Crippen MR) is 156 cm³/mol. The number of benzene rings is 2. The molecule has 0 radical (unpaired) electrons. The molecule has 0 aromatic heterocycles. The molecule has 1 aliphatic carbocycles. The van der Waals surface area contributed by atoms with Crippen LogP contribution in [0.15, 0.2) is 84.0 Å². The summed E-state index contributed by atoms with van der Waals surface area (Å²) in [4.78, 5) is 29.0. The van der Waals surface area contributed by atoms with Crippen molar-refractivity contribution in [1.29, 1.82) is 0 Å². The molecule has 2 aromatic rings. The normalized spacial score (nSPS) is 21.2. The van der Waals surface area contributed by atoms with Gasteiger partial charge in [0.25, 0.3) is 0 Å². The van der Waals surface area contributed by atoms with Gasteiger partial charge in [-0.15, -0.1) is 0 Å². The highest BCUT2D eigenvalue weighted by molar-refractivity contribution is 5.85. The van der Waals surface area contributed by atoms with Crippen LogP contribution in [0.1, 0.15) is 76.3 Å². The van der Waals surface area contributed by atoms with Gasteiger partial charge in [0.15, 0.2) is 0 Å². The highest BCUT2D eigenvalue weighted by Gasteiger charge is 2.48. The fraction of sp³-hybridized carbons (Fsp3) is 0.471. The number of nitrogens with zero attached hydrogens (tertiary/aromatic N) is 1. The molecule has 202 valence electrons. The molecule has 4 heteroatoms. The SMILES string of the molecule is CC/C(C)=C/C=C(\CC)CCNC(=O)C1(Cc2ccccc2)CCN(C(=O)C2CC2c2ccccc2)CC1. The molecule has 2 atom stereocenters. The Bertz CT molecular complexity index is 1130. The van der Waals surface area contributed by atoms with Crippen molar-refractivity contribution >= 4 is 11.8 Å². The van der Waals surface area contributed by atoms with Crippen LogP contribution in [0.5, 0.6) is 0 Å². The summed E-state index contributed by atoms with van der Waals surface area (Å²) in [6, 6.07) is 20.7. The first-order chi connectivity index (χ1) is 18.5. The number of allylic oxidation sites excluding steroid dienone is 3. The highest BCUT2D eigenvalue weighted by Crippen LogP contribution is 2.49. The lowest BCUT2D eigenvalue weighted by Crippen LogP contribution is -2.51. The van der Waals surface area contributed by atoms with E-state index in [1.165, 1.54) is 22.3 Å². The van der Waals surface area contributed by atoms with E-state index >= 15 is 0 Å². The van der Waals surface area contributed by atoms with Crippen LogP contribution < -0.4 is 5.32 Å². The fourth-order valence-electron chi connectivity index (χ4n) is 5.68. The van der Waals surface area contributed by atoms with Crippen molar-refractivity contribution in [3.05, 3.63) is 95.1 Å². The molecule has 1 aliphatic heterocycles. The third-order valence-electron chi connectivity index (χ3n) is 8.58. The third kappa shape index (κ3) is 7.03. The second-order valence-corrected chi connectivity index (χ2v) is 11.2. The largest absolute Gasteiger partial charge is 0.355 e. The van der Waals surface area contributed by atoms with Crippen molar-refractivity contribution in [1.82, 2.24) is 10.2 Å². The van der Waals surface area contributed by atoms with E-state index in [1.54, 1.807) is 0 Å². The van der Waals surface area contributed by atoms with Gasteiger partial charge in [0.2, 0.25) is 11.8 Å². The van der Waals surface area contributed by atoms with Crippen LogP contribution >= 0.6 is 0 Å². The minimum atomic E-state index is -0.477. The number of nitrogens with one attached hydrogen (secondary N) is 1. The number of amides is 2. The molecule has 1 saturated heterocycles. The quantitative estimate of drug-likeness (QED) is 0.335. The van der Waals surface area contributed by atoms with Crippen molar-refractivity contribution in [2.24, 2.45) is 11.3 Å². The van der Waals surface area contributed by atoms with Crippen LogP contribution in [0.2, 0.25) is 0 Å². The number of hydrogen-bond donors (Lipinski definition) is 1. The van der Waals surface area contributed by atoms with Gasteiger partial charge in [0.1, 0.15) is 0 Å². The maximum Gasteiger partial charge on any atom is 0.226 e. The Morgan fingerprint density at radius 1 is 0.947 bits per heavy atom. The Hall–Kier alpha value is -3.14. The second-order valence-electron chi connectivity index (χ2n) is 11.2. The van der Waals surface area contributed by atoms with Crippen LogP contribution in [0.25, 0.3) is 0 Å². The second kappa shape index (κ2) is 13.1. The molecular formula is C34H44N2O2. The number of carbonyl (C=O) groups excluding carboxylic acids is 2. The van der Waals surface area contributed by atoms with Gasteiger partial charge in [-0.3, -0.25) is 9.59 Å². The molecule has 2 aliphatic rings. The molecule has 0 bridgehead atoms. The van der Waals surface area contributed by atoms with Gasteiger partial charge in [-0.05, 0) is 68.9 Å². The van der Waals surface area contributed by atoms with E-state index in [1.807, 2.05) is 29.2 Å². The molecule has 2 fully saturated rings. The summed E-state index contributed by atoms with van der Waals surface area (Å²) >= 11 is 0. The Morgan fingerprint density at radius 2 is 1.61 bits per heavy atom. The lowest BCUT2D eigenvalue weighted by Gasteiger charge is -2.41. The minimum Gasteiger partial charge on any atom is -0.355 e. The first-order valence-electron chi connectivity index (χ1n) is 14.5. The van der Waals surface area contributed by atoms with Gasteiger partial charge in [-0.2, -0.15) is 0 Å². The first kappa shape index (κ1) is 27.9. The van der Waals surface area contributed by atoms with Crippen LogP contribution in [-0.2, 0) is 16.0 Å². The van der Waals surface area contributed by atoms with E-state index < -0.39 is 5.41 Å². The third-order valence-corrected chi connectivity index (χ3v) is 8.58. The zero-order valence-electron chi connectivity index (χ0n) is 23.4. The van der Waals surface area contributed by atoms with Crippen molar-refractivity contribution in [3.63, 3.8) is 0 Å². The van der Waals surface area contributed by atoms with Crippen molar-refractivity contribution < 1.29 is 9.59 Å². The lowest BCUT2D eigenvalue weighted by molar-refractivity contribution is -0.141. The number of rotatable bonds is 11. The van der Waals surface area contributed by atoms with Crippen LogP contribution in [0.3, 0.4) is 0 Å². The van der Waals surface area contributed by atoms with Gasteiger partial charge >= 0.3 is 0 Å². The van der Waals surface area contributed by atoms with Crippen molar-refractivity contribution in [3.8, 4) is 0 Å². The fourth-order valence-corrected chi connectivity index (χ4v) is 5.68. The predicted octanol–water partition coefficient (Wildman–Crippen LogP) is 6.84. The van der Waals surface area contributed by atoms with Gasteiger partial charge in [-0.1, -0.05) is 97.8 Å². The Morgan fingerprint density at radius 3 is 2.24 bits per heavy atom. The number of carbonyl (C=O) groups is 2.